The number of hydrazine groups is 1. The van der Waals surface area contributed by atoms with Crippen LogP contribution in [-0.4, -0.2) is 27.8 Å². The van der Waals surface area contributed by atoms with Crippen LogP contribution >= 0.6 is 0 Å². The molecule has 3 N–H and O–H groups in total. The number of hydrogen-bond acceptors (Lipinski definition) is 4. The van der Waals surface area contributed by atoms with Crippen LogP contribution in [0.15, 0.2) is 24.3 Å². The number of ether oxygens (including phenoxy) is 1. The van der Waals surface area contributed by atoms with E-state index in [1.54, 1.807) is 0 Å². The quantitative estimate of drug-likeness (QED) is 0.606. The van der Waals surface area contributed by atoms with E-state index in [2.05, 4.69) is 29.9 Å². The van der Waals surface area contributed by atoms with Gasteiger partial charge in [0.05, 0.1) is 22.7 Å². The van der Waals surface area contributed by atoms with Crippen molar-refractivity contribution in [2.75, 3.05) is 6.61 Å². The molecule has 21 heavy (non-hydrogen) atoms. The van der Waals surface area contributed by atoms with Crippen LogP contribution in [0.25, 0.3) is 11.0 Å². The van der Waals surface area contributed by atoms with Gasteiger partial charge in [0, 0.05) is 20.1 Å². The third kappa shape index (κ3) is 3.10. The molecule has 5 nitrogen and oxygen atoms in total. The summed E-state index contributed by atoms with van der Waals surface area (Å²) in [5.41, 5.74) is 4.77. The van der Waals surface area contributed by atoms with Crippen molar-refractivity contribution in [3.8, 4) is 0 Å². The topological polar surface area (TPSA) is 65.1 Å². The van der Waals surface area contributed by atoms with E-state index in [-0.39, 0.29) is 11.6 Å². The lowest BCUT2D eigenvalue weighted by molar-refractivity contribution is -0.0555. The summed E-state index contributed by atoms with van der Waals surface area (Å²) in [7, 11) is 2.04. The normalized spacial score (nSPS) is 16.0. The van der Waals surface area contributed by atoms with Crippen LogP contribution < -0.4 is 11.3 Å². The fourth-order valence-electron chi connectivity index (χ4n) is 2.79. The van der Waals surface area contributed by atoms with Crippen molar-refractivity contribution in [1.29, 1.82) is 0 Å². The van der Waals surface area contributed by atoms with Crippen molar-refractivity contribution in [2.24, 2.45) is 12.9 Å². The second-order valence-corrected chi connectivity index (χ2v) is 5.60. The molecule has 2 atom stereocenters. The van der Waals surface area contributed by atoms with Gasteiger partial charge in [0.15, 0.2) is 0 Å². The average molecular weight is 290 g/mol. The van der Waals surface area contributed by atoms with Crippen molar-refractivity contribution in [2.45, 2.75) is 45.3 Å². The van der Waals surface area contributed by atoms with Gasteiger partial charge in [0.25, 0.3) is 0 Å². The minimum Gasteiger partial charge on any atom is -0.374 e. The van der Waals surface area contributed by atoms with Gasteiger partial charge in [-0.25, -0.2) is 4.98 Å². The van der Waals surface area contributed by atoms with E-state index >= 15 is 0 Å². The van der Waals surface area contributed by atoms with Gasteiger partial charge >= 0.3 is 0 Å². The standard InChI is InChI=1S/C16H26N4O/c1-5-16(3,21-6-2)14(19-17)11-15-18-12-9-7-8-10-13(12)20(15)4/h7-10,14,19H,5-6,11,17H2,1-4H3. The van der Waals surface area contributed by atoms with E-state index in [0.717, 1.165) is 29.7 Å². The molecule has 0 saturated carbocycles. The monoisotopic (exact) mass is 290 g/mol. The summed E-state index contributed by atoms with van der Waals surface area (Å²) >= 11 is 0. The largest absolute Gasteiger partial charge is 0.374 e. The summed E-state index contributed by atoms with van der Waals surface area (Å²) in [6, 6.07) is 8.17. The van der Waals surface area contributed by atoms with Gasteiger partial charge in [-0.1, -0.05) is 19.1 Å². The molecular weight excluding hydrogens is 264 g/mol. The molecule has 5 heteroatoms. The zero-order valence-electron chi connectivity index (χ0n) is 13.4. The second-order valence-electron chi connectivity index (χ2n) is 5.60. The molecule has 0 bridgehead atoms. The Kier molecular flexibility index (Phi) is 4.98. The zero-order chi connectivity index (χ0) is 15.5. The van der Waals surface area contributed by atoms with Crippen molar-refractivity contribution in [3.63, 3.8) is 0 Å². The molecule has 1 heterocycles. The minimum absolute atomic E-state index is 0.0120. The molecule has 0 saturated heterocycles. The molecule has 0 aliphatic rings. The number of rotatable bonds is 7. The molecule has 2 unspecified atom stereocenters. The number of aromatic nitrogens is 2. The van der Waals surface area contributed by atoms with E-state index in [1.165, 1.54) is 0 Å². The number of nitrogens with zero attached hydrogens (tertiary/aromatic N) is 2. The summed E-state index contributed by atoms with van der Waals surface area (Å²) in [6.45, 7) is 6.90. The van der Waals surface area contributed by atoms with Crippen LogP contribution in [0.5, 0.6) is 0 Å². The Labute approximate surface area is 126 Å². The van der Waals surface area contributed by atoms with E-state index < -0.39 is 0 Å². The molecule has 0 radical (unpaired) electrons. The Morgan fingerprint density at radius 3 is 2.67 bits per heavy atom. The number of benzene rings is 1. The Balaban J connectivity index is 2.30. The van der Waals surface area contributed by atoms with E-state index in [9.17, 15) is 0 Å². The average Bonchev–Trinajstić information content (AvgIpc) is 2.81. The first-order chi connectivity index (χ1) is 10.1. The van der Waals surface area contributed by atoms with Crippen molar-refractivity contribution < 1.29 is 4.74 Å². The summed E-state index contributed by atoms with van der Waals surface area (Å²) < 4.78 is 8.06. The smallest absolute Gasteiger partial charge is 0.111 e. The van der Waals surface area contributed by atoms with Gasteiger partial charge in [-0.05, 0) is 32.4 Å². The van der Waals surface area contributed by atoms with Gasteiger partial charge < -0.3 is 9.30 Å². The maximum Gasteiger partial charge on any atom is 0.111 e. The number of nitrogens with one attached hydrogen (secondary N) is 1. The first-order valence-electron chi connectivity index (χ1n) is 7.56. The highest BCUT2D eigenvalue weighted by Crippen LogP contribution is 2.24. The van der Waals surface area contributed by atoms with Crippen LogP contribution in [0.3, 0.4) is 0 Å². The minimum atomic E-state index is -0.304. The molecule has 116 valence electrons. The number of hydrogen-bond donors (Lipinski definition) is 2. The highest BCUT2D eigenvalue weighted by molar-refractivity contribution is 5.75. The molecule has 1 aromatic heterocycles. The maximum atomic E-state index is 5.94. The van der Waals surface area contributed by atoms with Crippen LogP contribution in [0.1, 0.15) is 33.0 Å². The molecule has 0 amide bonds. The molecule has 0 fully saturated rings. The van der Waals surface area contributed by atoms with Crippen LogP contribution in [0.2, 0.25) is 0 Å². The SMILES string of the molecule is CCOC(C)(CC)C(Cc1nc2ccccc2n1C)NN. The first-order valence-corrected chi connectivity index (χ1v) is 7.56. The third-order valence-electron chi connectivity index (χ3n) is 4.38. The van der Waals surface area contributed by atoms with E-state index in [0.29, 0.717) is 6.61 Å². The van der Waals surface area contributed by atoms with Gasteiger partial charge in [-0.2, -0.15) is 0 Å². The van der Waals surface area contributed by atoms with Gasteiger partial charge in [0.1, 0.15) is 5.82 Å². The predicted octanol–water partition coefficient (Wildman–Crippen LogP) is 2.15. The second kappa shape index (κ2) is 6.56. The Bertz CT molecular complexity index is 595. The number of aryl methyl sites for hydroxylation is 1. The fourth-order valence-corrected chi connectivity index (χ4v) is 2.79. The molecule has 2 aromatic rings. The van der Waals surface area contributed by atoms with Crippen LogP contribution in [0, 0.1) is 0 Å². The van der Waals surface area contributed by atoms with Crippen molar-refractivity contribution in [3.05, 3.63) is 30.1 Å². The third-order valence-corrected chi connectivity index (χ3v) is 4.38. The summed E-state index contributed by atoms with van der Waals surface area (Å²) in [6.07, 6.45) is 1.62. The first kappa shape index (κ1) is 15.9. The van der Waals surface area contributed by atoms with Gasteiger partial charge in [-0.3, -0.25) is 11.3 Å². The van der Waals surface area contributed by atoms with Crippen LogP contribution in [0.4, 0.5) is 0 Å². The number of para-hydroxylation sites is 2. The lowest BCUT2D eigenvalue weighted by atomic mass is 9.91. The predicted molar refractivity (Wildman–Crippen MR) is 85.9 cm³/mol. The van der Waals surface area contributed by atoms with Crippen LogP contribution in [-0.2, 0) is 18.2 Å². The molecule has 1 aromatic carbocycles. The van der Waals surface area contributed by atoms with E-state index in [1.807, 2.05) is 32.2 Å². The summed E-state index contributed by atoms with van der Waals surface area (Å²) in [5, 5.41) is 0. The Hall–Kier alpha value is -1.43. The van der Waals surface area contributed by atoms with Gasteiger partial charge in [0.2, 0.25) is 0 Å². The molecule has 0 spiro atoms. The number of fused-ring (bicyclic) bond motifs is 1. The lowest BCUT2D eigenvalue weighted by Crippen LogP contribution is -2.54. The number of imidazole rings is 1. The highest BCUT2D eigenvalue weighted by atomic mass is 16.5. The molecule has 0 aliphatic heterocycles. The highest BCUT2D eigenvalue weighted by Gasteiger charge is 2.33. The van der Waals surface area contributed by atoms with Crippen molar-refractivity contribution in [1.82, 2.24) is 15.0 Å². The Morgan fingerprint density at radius 2 is 2.10 bits per heavy atom. The lowest BCUT2D eigenvalue weighted by Gasteiger charge is -2.36. The molecule has 2 rings (SSSR count). The molecule has 0 aliphatic carbocycles. The summed E-state index contributed by atoms with van der Waals surface area (Å²) in [5.74, 6) is 6.80. The Morgan fingerprint density at radius 1 is 1.38 bits per heavy atom. The van der Waals surface area contributed by atoms with E-state index in [4.69, 9.17) is 15.6 Å². The summed E-state index contributed by atoms with van der Waals surface area (Å²) in [4.78, 5) is 4.72. The van der Waals surface area contributed by atoms with Crippen molar-refractivity contribution >= 4 is 11.0 Å². The van der Waals surface area contributed by atoms with Gasteiger partial charge in [-0.15, -0.1) is 0 Å². The maximum absolute atomic E-state index is 5.94. The number of nitrogens with two attached hydrogens (primary N) is 1. The zero-order valence-corrected chi connectivity index (χ0v) is 13.4. The fraction of sp³-hybridized carbons (Fsp3) is 0.562. The molecular formula is C16H26N4O.